The Morgan fingerprint density at radius 1 is 0.969 bits per heavy atom. The minimum Gasteiger partial charge on any atom is -0.445 e. The molecule has 2 heterocycles. The first-order valence-corrected chi connectivity index (χ1v) is 10.8. The molecule has 0 aliphatic carbocycles. The fourth-order valence-corrected chi connectivity index (χ4v) is 4.27. The van der Waals surface area contributed by atoms with Crippen LogP contribution < -0.4 is 0 Å². The van der Waals surface area contributed by atoms with Crippen molar-refractivity contribution in [1.82, 2.24) is 9.80 Å². The second-order valence-corrected chi connectivity index (χ2v) is 9.20. The van der Waals surface area contributed by atoms with E-state index in [0.29, 0.717) is 24.1 Å². The molecule has 2 atom stereocenters. The first-order valence-electron chi connectivity index (χ1n) is 10.8. The third-order valence-corrected chi connectivity index (χ3v) is 5.61. The average molecular weight is 437 g/mol. The number of nitrogens with zero attached hydrogens (tertiary/aromatic N) is 2. The van der Waals surface area contributed by atoms with Crippen LogP contribution in [-0.4, -0.2) is 58.5 Å². The van der Waals surface area contributed by atoms with Gasteiger partial charge < -0.3 is 14.4 Å². The van der Waals surface area contributed by atoms with E-state index in [1.807, 2.05) is 51.1 Å². The van der Waals surface area contributed by atoms with Gasteiger partial charge in [0.1, 0.15) is 6.61 Å². The summed E-state index contributed by atoms with van der Waals surface area (Å²) in [5.41, 5.74) is 1.31. The number of rotatable bonds is 5. The van der Waals surface area contributed by atoms with Crippen molar-refractivity contribution in [3.05, 3.63) is 71.3 Å². The molecule has 2 aliphatic heterocycles. The largest absolute Gasteiger partial charge is 0.445 e. The van der Waals surface area contributed by atoms with Crippen LogP contribution in [0.5, 0.6) is 0 Å². The molecule has 0 radical (unpaired) electrons. The number of benzene rings is 2. The lowest BCUT2D eigenvalue weighted by Gasteiger charge is -2.27. The number of fused-ring (bicyclic) bond motifs is 1. The molecule has 0 unspecified atom stereocenters. The maximum Gasteiger partial charge on any atom is 0.410 e. The highest BCUT2D eigenvalue weighted by atomic mass is 16.6. The van der Waals surface area contributed by atoms with Gasteiger partial charge in [0.15, 0.2) is 0 Å². The highest BCUT2D eigenvalue weighted by Gasteiger charge is 2.43. The van der Waals surface area contributed by atoms with Crippen molar-refractivity contribution >= 4 is 17.9 Å². The Kier molecular flexibility index (Phi) is 6.02. The SMILES string of the molecule is CC(C)(C)O[C@@H]1C[C@@H](CN2C(=O)c3ccccc3C2=O)N(C(=O)OCc2ccccc2)C1. The van der Waals surface area contributed by atoms with Crippen molar-refractivity contribution in [2.45, 2.75) is 51.5 Å². The van der Waals surface area contributed by atoms with E-state index in [1.54, 1.807) is 29.2 Å². The third-order valence-electron chi connectivity index (χ3n) is 5.61. The van der Waals surface area contributed by atoms with Gasteiger partial charge in [0.25, 0.3) is 11.8 Å². The molecule has 0 saturated carbocycles. The second kappa shape index (κ2) is 8.74. The number of amides is 3. The van der Waals surface area contributed by atoms with Crippen molar-refractivity contribution in [3.8, 4) is 0 Å². The molecule has 3 amide bonds. The molecular formula is C25H28N2O5. The van der Waals surface area contributed by atoms with E-state index in [9.17, 15) is 14.4 Å². The molecule has 7 heteroatoms. The smallest absolute Gasteiger partial charge is 0.410 e. The summed E-state index contributed by atoms with van der Waals surface area (Å²) in [5, 5.41) is 0. The molecule has 0 aromatic heterocycles. The summed E-state index contributed by atoms with van der Waals surface area (Å²) in [4.78, 5) is 41.4. The van der Waals surface area contributed by atoms with Crippen LogP contribution in [0.2, 0.25) is 0 Å². The fraction of sp³-hybridized carbons (Fsp3) is 0.400. The van der Waals surface area contributed by atoms with Gasteiger partial charge in [-0.05, 0) is 44.9 Å². The van der Waals surface area contributed by atoms with E-state index in [1.165, 1.54) is 4.90 Å². The van der Waals surface area contributed by atoms with Crippen LogP contribution >= 0.6 is 0 Å². The Labute approximate surface area is 187 Å². The standard InChI is InChI=1S/C25H28N2O5/c1-25(2,3)32-19-13-18(14-27-22(28)20-11-7-8-12-21(20)23(27)29)26(15-19)24(30)31-16-17-9-5-4-6-10-17/h4-12,18-19H,13-16H2,1-3H3/t18-,19+/m0/s1. The van der Waals surface area contributed by atoms with Gasteiger partial charge >= 0.3 is 6.09 Å². The maximum absolute atomic E-state index is 13.0. The molecule has 4 rings (SSSR count). The highest BCUT2D eigenvalue weighted by Crippen LogP contribution is 2.29. The van der Waals surface area contributed by atoms with Crippen molar-refractivity contribution in [2.75, 3.05) is 13.1 Å². The summed E-state index contributed by atoms with van der Waals surface area (Å²) in [6.45, 7) is 6.49. The molecule has 2 aromatic rings. The number of carbonyl (C=O) groups is 3. The molecular weight excluding hydrogens is 408 g/mol. The molecule has 1 saturated heterocycles. The minimum atomic E-state index is -0.476. The minimum absolute atomic E-state index is 0.108. The van der Waals surface area contributed by atoms with Crippen molar-refractivity contribution < 1.29 is 23.9 Å². The molecule has 1 fully saturated rings. The summed E-state index contributed by atoms with van der Waals surface area (Å²) in [6, 6.07) is 15.9. The molecule has 7 nitrogen and oxygen atoms in total. The number of likely N-dealkylation sites (tertiary alicyclic amines) is 1. The predicted octanol–water partition coefficient (Wildman–Crippen LogP) is 3.88. The zero-order chi connectivity index (χ0) is 22.9. The monoisotopic (exact) mass is 436 g/mol. The molecule has 2 aromatic carbocycles. The van der Waals surface area contributed by atoms with Crippen molar-refractivity contribution in [2.24, 2.45) is 0 Å². The van der Waals surface area contributed by atoms with Crippen LogP contribution in [0.1, 0.15) is 53.5 Å². The third kappa shape index (κ3) is 4.67. The fourth-order valence-electron chi connectivity index (χ4n) is 4.27. The lowest BCUT2D eigenvalue weighted by molar-refractivity contribution is -0.0540. The van der Waals surface area contributed by atoms with Crippen molar-refractivity contribution in [3.63, 3.8) is 0 Å². The van der Waals surface area contributed by atoms with Gasteiger partial charge in [-0.3, -0.25) is 14.5 Å². The van der Waals surface area contributed by atoms with Gasteiger partial charge in [-0.1, -0.05) is 42.5 Å². The lowest BCUT2D eigenvalue weighted by atomic mass is 10.1. The van der Waals surface area contributed by atoms with Crippen LogP contribution in [0.3, 0.4) is 0 Å². The Morgan fingerprint density at radius 3 is 2.16 bits per heavy atom. The van der Waals surface area contributed by atoms with E-state index in [0.717, 1.165) is 5.56 Å². The van der Waals surface area contributed by atoms with Gasteiger partial charge in [-0.25, -0.2) is 4.79 Å². The topological polar surface area (TPSA) is 76.2 Å². The number of hydrogen-bond acceptors (Lipinski definition) is 5. The molecule has 0 N–H and O–H groups in total. The summed E-state index contributed by atoms with van der Waals surface area (Å²) in [5.74, 6) is -0.660. The van der Waals surface area contributed by atoms with E-state index in [2.05, 4.69) is 0 Å². The number of ether oxygens (including phenoxy) is 2. The summed E-state index contributed by atoms with van der Waals surface area (Å²) in [6.07, 6.45) is -0.166. The Balaban J connectivity index is 1.49. The van der Waals surface area contributed by atoms with E-state index >= 15 is 0 Å². The Hall–Kier alpha value is -3.19. The maximum atomic E-state index is 13.0. The number of hydrogen-bond donors (Lipinski definition) is 0. The van der Waals surface area contributed by atoms with Crippen LogP contribution in [0.25, 0.3) is 0 Å². The molecule has 0 bridgehead atoms. The zero-order valence-electron chi connectivity index (χ0n) is 18.6. The summed E-state index contributed by atoms with van der Waals surface area (Å²) >= 11 is 0. The normalized spacial score (nSPS) is 20.6. The molecule has 0 spiro atoms. The highest BCUT2D eigenvalue weighted by molar-refractivity contribution is 6.21. The Morgan fingerprint density at radius 2 is 1.56 bits per heavy atom. The summed E-state index contributed by atoms with van der Waals surface area (Å²) in [7, 11) is 0. The van der Waals surface area contributed by atoms with Gasteiger partial charge in [-0.2, -0.15) is 0 Å². The quantitative estimate of drug-likeness (QED) is 0.665. The van der Waals surface area contributed by atoms with E-state index in [4.69, 9.17) is 9.47 Å². The van der Waals surface area contributed by atoms with Gasteiger partial charge in [0.2, 0.25) is 0 Å². The van der Waals surface area contributed by atoms with Gasteiger partial charge in [0.05, 0.1) is 42.0 Å². The van der Waals surface area contributed by atoms with Crippen LogP contribution in [0, 0.1) is 0 Å². The van der Waals surface area contributed by atoms with Crippen LogP contribution in [0.4, 0.5) is 4.79 Å². The van der Waals surface area contributed by atoms with E-state index < -0.39 is 6.09 Å². The molecule has 168 valence electrons. The van der Waals surface area contributed by atoms with E-state index in [-0.39, 0.29) is 42.7 Å². The van der Waals surface area contributed by atoms with Gasteiger partial charge in [0, 0.05) is 0 Å². The van der Waals surface area contributed by atoms with Crippen LogP contribution in [0.15, 0.2) is 54.6 Å². The molecule has 32 heavy (non-hydrogen) atoms. The van der Waals surface area contributed by atoms with Crippen molar-refractivity contribution in [1.29, 1.82) is 0 Å². The lowest BCUT2D eigenvalue weighted by Crippen LogP contribution is -2.45. The summed E-state index contributed by atoms with van der Waals surface area (Å²) < 4.78 is 11.7. The predicted molar refractivity (Wildman–Crippen MR) is 118 cm³/mol. The second-order valence-electron chi connectivity index (χ2n) is 9.20. The molecule has 2 aliphatic rings. The zero-order valence-corrected chi connectivity index (χ0v) is 18.6. The van der Waals surface area contributed by atoms with Gasteiger partial charge in [-0.15, -0.1) is 0 Å². The van der Waals surface area contributed by atoms with Crippen LogP contribution in [-0.2, 0) is 16.1 Å². The Bertz CT molecular complexity index is 979. The first kappa shape index (κ1) is 22.0. The average Bonchev–Trinajstić information content (AvgIpc) is 3.26. The number of carbonyl (C=O) groups excluding carboxylic acids is 3. The first-order chi connectivity index (χ1) is 15.2. The number of imide groups is 1.